The Morgan fingerprint density at radius 3 is 2.65 bits per heavy atom. The SMILES string of the molecule is CC(C)(C)OC(=O)N1C[C@@H]2CNC[C@@H](O)[C@@H]2C1. The fraction of sp³-hybridized carbons (Fsp3) is 0.917. The number of carbonyl (C=O) groups is 1. The predicted octanol–water partition coefficient (Wildman–Crippen LogP) is 0.434. The molecule has 0 unspecified atom stereocenters. The summed E-state index contributed by atoms with van der Waals surface area (Å²) < 4.78 is 5.35. The number of aliphatic hydroxyl groups excluding tert-OH is 1. The van der Waals surface area contributed by atoms with Crippen LogP contribution in [0, 0.1) is 11.8 Å². The van der Waals surface area contributed by atoms with Crippen LogP contribution in [0.4, 0.5) is 4.79 Å². The van der Waals surface area contributed by atoms with Gasteiger partial charge < -0.3 is 20.1 Å². The van der Waals surface area contributed by atoms with Gasteiger partial charge in [0.25, 0.3) is 0 Å². The van der Waals surface area contributed by atoms with E-state index in [1.165, 1.54) is 0 Å². The van der Waals surface area contributed by atoms with E-state index in [4.69, 9.17) is 4.74 Å². The second-order valence-electron chi connectivity index (χ2n) is 6.03. The highest BCUT2D eigenvalue weighted by atomic mass is 16.6. The highest BCUT2D eigenvalue weighted by Crippen LogP contribution is 2.29. The molecule has 0 aromatic carbocycles. The quantitative estimate of drug-likeness (QED) is 0.647. The van der Waals surface area contributed by atoms with Crippen molar-refractivity contribution in [3.05, 3.63) is 0 Å². The number of fused-ring (bicyclic) bond motifs is 1. The van der Waals surface area contributed by atoms with Crippen LogP contribution in [0.25, 0.3) is 0 Å². The first-order valence-electron chi connectivity index (χ1n) is 6.23. The first kappa shape index (κ1) is 12.6. The molecule has 0 aliphatic carbocycles. The van der Waals surface area contributed by atoms with Crippen LogP contribution in [0.1, 0.15) is 20.8 Å². The lowest BCUT2D eigenvalue weighted by Gasteiger charge is -2.29. The number of nitrogens with one attached hydrogen (secondary N) is 1. The Hall–Kier alpha value is -0.810. The lowest BCUT2D eigenvalue weighted by atomic mass is 9.88. The van der Waals surface area contributed by atoms with E-state index < -0.39 is 5.60 Å². The van der Waals surface area contributed by atoms with Gasteiger partial charge in [0.05, 0.1) is 6.10 Å². The smallest absolute Gasteiger partial charge is 0.410 e. The van der Waals surface area contributed by atoms with Gasteiger partial charge in [-0.1, -0.05) is 0 Å². The molecule has 0 radical (unpaired) electrons. The van der Waals surface area contributed by atoms with Crippen molar-refractivity contribution in [2.45, 2.75) is 32.5 Å². The maximum absolute atomic E-state index is 11.9. The molecule has 2 aliphatic rings. The largest absolute Gasteiger partial charge is 0.444 e. The molecular weight excluding hydrogens is 220 g/mol. The highest BCUT2D eigenvalue weighted by molar-refractivity contribution is 5.68. The minimum atomic E-state index is -0.457. The number of likely N-dealkylation sites (tertiary alicyclic amines) is 1. The molecule has 17 heavy (non-hydrogen) atoms. The first-order chi connectivity index (χ1) is 7.87. The third-order valence-electron chi connectivity index (χ3n) is 3.40. The molecular formula is C12H22N2O3. The minimum Gasteiger partial charge on any atom is -0.444 e. The lowest BCUT2D eigenvalue weighted by Crippen LogP contribution is -2.46. The molecule has 5 heteroatoms. The fourth-order valence-corrected chi connectivity index (χ4v) is 2.59. The van der Waals surface area contributed by atoms with Gasteiger partial charge in [-0.2, -0.15) is 0 Å². The summed E-state index contributed by atoms with van der Waals surface area (Å²) in [5.41, 5.74) is -0.457. The van der Waals surface area contributed by atoms with Crippen molar-refractivity contribution in [1.82, 2.24) is 10.2 Å². The fourth-order valence-electron chi connectivity index (χ4n) is 2.59. The van der Waals surface area contributed by atoms with Gasteiger partial charge in [-0.25, -0.2) is 4.79 Å². The number of hydrogen-bond donors (Lipinski definition) is 2. The van der Waals surface area contributed by atoms with Crippen LogP contribution < -0.4 is 5.32 Å². The second kappa shape index (κ2) is 4.46. The predicted molar refractivity (Wildman–Crippen MR) is 63.7 cm³/mol. The van der Waals surface area contributed by atoms with E-state index in [9.17, 15) is 9.90 Å². The summed E-state index contributed by atoms with van der Waals surface area (Å²) in [5.74, 6) is 0.551. The van der Waals surface area contributed by atoms with Crippen molar-refractivity contribution < 1.29 is 14.6 Å². The van der Waals surface area contributed by atoms with Crippen LogP contribution in [0.3, 0.4) is 0 Å². The molecule has 2 N–H and O–H groups in total. The summed E-state index contributed by atoms with van der Waals surface area (Å²) >= 11 is 0. The Morgan fingerprint density at radius 2 is 2.06 bits per heavy atom. The van der Waals surface area contributed by atoms with E-state index in [0.29, 0.717) is 25.6 Å². The zero-order valence-electron chi connectivity index (χ0n) is 10.8. The van der Waals surface area contributed by atoms with Gasteiger partial charge >= 0.3 is 6.09 Å². The van der Waals surface area contributed by atoms with Crippen LogP contribution in [-0.4, -0.2) is 54.0 Å². The van der Waals surface area contributed by atoms with Crippen molar-refractivity contribution in [2.75, 3.05) is 26.2 Å². The Balaban J connectivity index is 1.95. The minimum absolute atomic E-state index is 0.198. The molecule has 0 spiro atoms. The van der Waals surface area contributed by atoms with Crippen molar-refractivity contribution in [1.29, 1.82) is 0 Å². The molecule has 0 aromatic heterocycles. The zero-order valence-corrected chi connectivity index (χ0v) is 10.8. The van der Waals surface area contributed by atoms with E-state index in [2.05, 4.69) is 5.32 Å². The molecule has 0 saturated carbocycles. The molecule has 2 aliphatic heterocycles. The number of piperidine rings is 1. The molecule has 2 fully saturated rings. The van der Waals surface area contributed by atoms with Crippen molar-refractivity contribution in [3.63, 3.8) is 0 Å². The molecule has 2 saturated heterocycles. The number of nitrogens with zero attached hydrogens (tertiary/aromatic N) is 1. The van der Waals surface area contributed by atoms with Gasteiger partial charge in [0.1, 0.15) is 5.60 Å². The van der Waals surface area contributed by atoms with Gasteiger partial charge in [-0.15, -0.1) is 0 Å². The van der Waals surface area contributed by atoms with Crippen LogP contribution in [0.5, 0.6) is 0 Å². The Labute approximate surface area is 102 Å². The van der Waals surface area contributed by atoms with E-state index in [0.717, 1.165) is 6.54 Å². The van der Waals surface area contributed by atoms with E-state index in [-0.39, 0.29) is 18.1 Å². The number of β-amino-alcohol motifs (C(OH)–C–C–N with tert-alkyl or cyclic N) is 1. The Kier molecular flexibility index (Phi) is 3.32. The van der Waals surface area contributed by atoms with Crippen LogP contribution in [-0.2, 0) is 4.74 Å². The average molecular weight is 242 g/mol. The summed E-state index contributed by atoms with van der Waals surface area (Å²) in [4.78, 5) is 13.6. The number of amides is 1. The topological polar surface area (TPSA) is 61.8 Å². The number of carbonyl (C=O) groups excluding carboxylic acids is 1. The summed E-state index contributed by atoms with van der Waals surface area (Å²) in [5, 5.41) is 13.1. The monoisotopic (exact) mass is 242 g/mol. The molecule has 2 rings (SSSR count). The summed E-state index contributed by atoms with van der Waals surface area (Å²) in [6, 6.07) is 0. The molecule has 2 heterocycles. The van der Waals surface area contributed by atoms with Crippen LogP contribution >= 0.6 is 0 Å². The molecule has 98 valence electrons. The van der Waals surface area contributed by atoms with Gasteiger partial charge in [0.15, 0.2) is 0 Å². The van der Waals surface area contributed by atoms with Crippen molar-refractivity contribution in [3.8, 4) is 0 Å². The molecule has 0 bridgehead atoms. The standard InChI is InChI=1S/C12H22N2O3/c1-12(2,3)17-11(16)14-6-8-4-13-5-10(15)9(8)7-14/h8-10,13,15H,4-7H2,1-3H3/t8-,9+,10+/m0/s1. The number of ether oxygens (including phenoxy) is 1. The average Bonchev–Trinajstić information content (AvgIpc) is 2.60. The molecule has 5 nitrogen and oxygen atoms in total. The lowest BCUT2D eigenvalue weighted by molar-refractivity contribution is 0.0269. The summed E-state index contributed by atoms with van der Waals surface area (Å²) in [6.07, 6.45) is -0.611. The maximum atomic E-state index is 11.9. The van der Waals surface area contributed by atoms with E-state index in [1.54, 1.807) is 4.90 Å². The van der Waals surface area contributed by atoms with Gasteiger partial charge in [0.2, 0.25) is 0 Å². The van der Waals surface area contributed by atoms with Gasteiger partial charge in [-0.3, -0.25) is 0 Å². The molecule has 1 amide bonds. The summed E-state index contributed by atoms with van der Waals surface area (Å²) in [6.45, 7) is 8.40. The van der Waals surface area contributed by atoms with Crippen LogP contribution in [0.2, 0.25) is 0 Å². The Bertz CT molecular complexity index is 301. The Morgan fingerprint density at radius 1 is 1.35 bits per heavy atom. The molecule has 3 atom stereocenters. The maximum Gasteiger partial charge on any atom is 0.410 e. The summed E-state index contributed by atoms with van der Waals surface area (Å²) in [7, 11) is 0. The number of rotatable bonds is 0. The van der Waals surface area contributed by atoms with Crippen molar-refractivity contribution in [2.24, 2.45) is 11.8 Å². The van der Waals surface area contributed by atoms with Crippen molar-refractivity contribution >= 4 is 6.09 Å². The molecule has 0 aromatic rings. The van der Waals surface area contributed by atoms with Crippen LogP contribution in [0.15, 0.2) is 0 Å². The van der Waals surface area contributed by atoms with E-state index in [1.807, 2.05) is 20.8 Å². The third kappa shape index (κ3) is 2.90. The number of hydrogen-bond acceptors (Lipinski definition) is 4. The highest BCUT2D eigenvalue weighted by Gasteiger charge is 2.42. The number of aliphatic hydroxyl groups is 1. The van der Waals surface area contributed by atoms with Gasteiger partial charge in [-0.05, 0) is 26.7 Å². The van der Waals surface area contributed by atoms with E-state index >= 15 is 0 Å². The first-order valence-corrected chi connectivity index (χ1v) is 6.23. The zero-order chi connectivity index (χ0) is 12.6. The third-order valence-corrected chi connectivity index (χ3v) is 3.40. The van der Waals surface area contributed by atoms with Gasteiger partial charge in [0, 0.05) is 32.1 Å². The normalized spacial score (nSPS) is 33.4. The second-order valence-corrected chi connectivity index (χ2v) is 6.03.